The fraction of sp³-hybridized carbons (Fsp3) is 0.391. The molecule has 170 valence electrons. The first kappa shape index (κ1) is 20.8. The molecular formula is C23H29F2N7. The van der Waals surface area contributed by atoms with Crippen molar-refractivity contribution in [2.75, 3.05) is 36.4 Å². The summed E-state index contributed by atoms with van der Waals surface area (Å²) in [5.74, 6) is -0.981. The van der Waals surface area contributed by atoms with E-state index < -0.39 is 11.6 Å². The van der Waals surface area contributed by atoms with Gasteiger partial charge in [0.1, 0.15) is 18.0 Å². The van der Waals surface area contributed by atoms with Gasteiger partial charge in [0.15, 0.2) is 0 Å². The number of nitrogens with zero attached hydrogens (tertiary/aromatic N) is 5. The van der Waals surface area contributed by atoms with Crippen molar-refractivity contribution in [2.24, 2.45) is 5.73 Å². The van der Waals surface area contributed by atoms with Gasteiger partial charge in [0.05, 0.1) is 11.4 Å². The number of nitrogens with one attached hydrogen (secondary N) is 1. The summed E-state index contributed by atoms with van der Waals surface area (Å²) in [7, 11) is 0. The summed E-state index contributed by atoms with van der Waals surface area (Å²) in [6.45, 7) is 5.91. The van der Waals surface area contributed by atoms with Crippen molar-refractivity contribution in [2.45, 2.75) is 31.8 Å². The van der Waals surface area contributed by atoms with Gasteiger partial charge in [-0.3, -0.25) is 4.90 Å². The lowest BCUT2D eigenvalue weighted by atomic mass is 10.1. The fourth-order valence-electron chi connectivity index (χ4n) is 4.72. The lowest BCUT2D eigenvalue weighted by Crippen LogP contribution is -2.56. The topological polar surface area (TPSA) is 75.2 Å². The summed E-state index contributed by atoms with van der Waals surface area (Å²) in [6, 6.07) is 9.47. The smallest absolute Gasteiger partial charge is 0.246 e. The fourth-order valence-corrected chi connectivity index (χ4v) is 4.72. The minimum absolute atomic E-state index is 0. The molecule has 1 atom stereocenters. The third-order valence-corrected chi connectivity index (χ3v) is 6.30. The molecule has 0 spiro atoms. The maximum atomic E-state index is 13.5. The molecule has 2 fully saturated rings. The van der Waals surface area contributed by atoms with Crippen LogP contribution in [0, 0.1) is 18.6 Å². The Hall–Kier alpha value is -3.04. The largest absolute Gasteiger partial charge is 0.368 e. The van der Waals surface area contributed by atoms with Crippen LogP contribution in [0.15, 0.2) is 42.7 Å². The molecule has 3 aromatic rings. The van der Waals surface area contributed by atoms with E-state index in [0.29, 0.717) is 5.95 Å². The third-order valence-electron chi connectivity index (χ3n) is 6.30. The Labute approximate surface area is 187 Å². The quantitative estimate of drug-likeness (QED) is 0.627. The number of aryl methyl sites for hydroxylation is 1. The van der Waals surface area contributed by atoms with Gasteiger partial charge in [-0.2, -0.15) is 4.98 Å². The van der Waals surface area contributed by atoms with Crippen LogP contribution >= 0.6 is 0 Å². The number of hydrogen-bond donors (Lipinski definition) is 2. The standard InChI is InChI=1S/C23H27F2N7.H2/c1-16-8-19(28-22-27-15-32(29-22)21-11-17(24)10-18(25)12-21)13-20(9-16)30-7-4-23(26,14-30)31-5-2-3-6-31;/h8-13,15H,2-7,14,26H2,1H3,(H,28,29);1H/t23-;/m0./s1. The van der Waals surface area contributed by atoms with Gasteiger partial charge in [-0.15, -0.1) is 5.10 Å². The molecule has 0 amide bonds. The minimum atomic E-state index is -0.663. The van der Waals surface area contributed by atoms with Crippen molar-refractivity contribution in [3.63, 3.8) is 0 Å². The molecule has 0 unspecified atom stereocenters. The average molecular weight is 442 g/mol. The zero-order valence-electron chi connectivity index (χ0n) is 18.1. The van der Waals surface area contributed by atoms with Gasteiger partial charge >= 0.3 is 0 Å². The molecular weight excluding hydrogens is 412 g/mol. The monoisotopic (exact) mass is 441 g/mol. The first-order chi connectivity index (χ1) is 15.4. The van der Waals surface area contributed by atoms with E-state index in [-0.39, 0.29) is 12.8 Å². The Morgan fingerprint density at radius 3 is 2.50 bits per heavy atom. The van der Waals surface area contributed by atoms with E-state index in [4.69, 9.17) is 5.73 Å². The summed E-state index contributed by atoms with van der Waals surface area (Å²) in [5, 5.41) is 7.52. The molecule has 2 aromatic carbocycles. The van der Waals surface area contributed by atoms with E-state index in [1.54, 1.807) is 0 Å². The molecule has 2 saturated heterocycles. The summed E-state index contributed by atoms with van der Waals surface area (Å²) in [5.41, 5.74) is 9.82. The third kappa shape index (κ3) is 4.18. The SMILES string of the molecule is Cc1cc(Nc2ncn(-c3cc(F)cc(F)c3)n2)cc(N2CC[C@](N)(N3CCCC3)C2)c1.[HH]. The van der Waals surface area contributed by atoms with E-state index in [0.717, 1.165) is 55.6 Å². The van der Waals surface area contributed by atoms with E-state index >= 15 is 0 Å². The summed E-state index contributed by atoms with van der Waals surface area (Å²) in [6.07, 6.45) is 4.81. The molecule has 0 radical (unpaired) electrons. The van der Waals surface area contributed by atoms with E-state index in [2.05, 4.69) is 37.3 Å². The first-order valence-electron chi connectivity index (χ1n) is 10.9. The number of halogens is 2. The van der Waals surface area contributed by atoms with Gasteiger partial charge in [-0.1, -0.05) is 0 Å². The Morgan fingerprint density at radius 2 is 1.75 bits per heavy atom. The van der Waals surface area contributed by atoms with Gasteiger partial charge in [-0.05, 0) is 75.2 Å². The highest BCUT2D eigenvalue weighted by molar-refractivity contribution is 5.64. The maximum Gasteiger partial charge on any atom is 0.246 e. The Morgan fingerprint density at radius 1 is 1.00 bits per heavy atom. The summed E-state index contributed by atoms with van der Waals surface area (Å²) < 4.78 is 28.4. The van der Waals surface area contributed by atoms with Crippen molar-refractivity contribution in [3.05, 3.63) is 59.9 Å². The van der Waals surface area contributed by atoms with E-state index in [1.165, 1.54) is 36.0 Å². The summed E-state index contributed by atoms with van der Waals surface area (Å²) in [4.78, 5) is 8.99. The highest BCUT2D eigenvalue weighted by Crippen LogP contribution is 2.32. The average Bonchev–Trinajstić information content (AvgIpc) is 3.48. The highest BCUT2D eigenvalue weighted by Gasteiger charge is 2.40. The normalized spacial score (nSPS) is 21.4. The van der Waals surface area contributed by atoms with Crippen LogP contribution in [0.5, 0.6) is 0 Å². The second kappa shape index (κ2) is 8.14. The lowest BCUT2D eigenvalue weighted by Gasteiger charge is -2.35. The molecule has 32 heavy (non-hydrogen) atoms. The predicted octanol–water partition coefficient (Wildman–Crippen LogP) is 3.80. The van der Waals surface area contributed by atoms with Gasteiger partial charge in [0.25, 0.3) is 0 Å². The molecule has 0 saturated carbocycles. The number of hydrogen-bond acceptors (Lipinski definition) is 6. The molecule has 2 aliphatic rings. The first-order valence-corrected chi connectivity index (χ1v) is 10.9. The number of benzene rings is 2. The molecule has 0 bridgehead atoms. The van der Waals surface area contributed by atoms with Gasteiger partial charge < -0.3 is 16.0 Å². The zero-order chi connectivity index (χ0) is 22.3. The number of rotatable bonds is 5. The Kier molecular flexibility index (Phi) is 5.30. The van der Waals surface area contributed by atoms with Crippen molar-refractivity contribution in [1.82, 2.24) is 19.7 Å². The highest BCUT2D eigenvalue weighted by atomic mass is 19.1. The van der Waals surface area contributed by atoms with Crippen molar-refractivity contribution < 1.29 is 10.2 Å². The van der Waals surface area contributed by atoms with Crippen LogP contribution in [0.25, 0.3) is 5.69 Å². The second-order valence-electron chi connectivity index (χ2n) is 8.79. The number of likely N-dealkylation sites (tertiary alicyclic amines) is 1. The summed E-state index contributed by atoms with van der Waals surface area (Å²) >= 11 is 0. The molecule has 9 heteroatoms. The van der Waals surface area contributed by atoms with Crippen molar-refractivity contribution >= 4 is 17.3 Å². The van der Waals surface area contributed by atoms with Gasteiger partial charge in [-0.25, -0.2) is 13.5 Å². The van der Waals surface area contributed by atoms with Crippen LogP contribution in [0.1, 0.15) is 26.3 Å². The Bertz CT molecular complexity index is 1110. The van der Waals surface area contributed by atoms with Gasteiger partial charge in [0.2, 0.25) is 5.95 Å². The zero-order valence-corrected chi connectivity index (χ0v) is 18.1. The number of aromatic nitrogens is 3. The van der Waals surface area contributed by atoms with Crippen LogP contribution in [0.4, 0.5) is 26.1 Å². The molecule has 3 N–H and O–H groups in total. The lowest BCUT2D eigenvalue weighted by molar-refractivity contribution is 0.144. The van der Waals surface area contributed by atoms with Gasteiger partial charge in [0, 0.05) is 32.0 Å². The second-order valence-corrected chi connectivity index (χ2v) is 8.79. The van der Waals surface area contributed by atoms with Crippen LogP contribution in [0.3, 0.4) is 0 Å². The molecule has 5 rings (SSSR count). The van der Waals surface area contributed by atoms with Crippen LogP contribution in [0.2, 0.25) is 0 Å². The Balaban J connectivity index is 0.00000259. The minimum Gasteiger partial charge on any atom is -0.368 e. The predicted molar refractivity (Wildman–Crippen MR) is 122 cm³/mol. The van der Waals surface area contributed by atoms with Crippen LogP contribution in [-0.2, 0) is 0 Å². The molecule has 0 aliphatic carbocycles. The number of anilines is 3. The molecule has 2 aliphatic heterocycles. The van der Waals surface area contributed by atoms with Crippen molar-refractivity contribution in [1.29, 1.82) is 0 Å². The van der Waals surface area contributed by atoms with Crippen LogP contribution in [-0.4, -0.2) is 51.5 Å². The number of nitrogens with two attached hydrogens (primary N) is 1. The van der Waals surface area contributed by atoms with Crippen molar-refractivity contribution in [3.8, 4) is 5.69 Å². The molecule has 1 aromatic heterocycles. The molecule has 7 nitrogen and oxygen atoms in total. The molecule has 3 heterocycles. The van der Waals surface area contributed by atoms with E-state index in [9.17, 15) is 8.78 Å². The van der Waals surface area contributed by atoms with Crippen LogP contribution < -0.4 is 16.0 Å². The maximum absolute atomic E-state index is 13.5. The van der Waals surface area contributed by atoms with E-state index in [1.807, 2.05) is 13.0 Å².